The first kappa shape index (κ1) is 19.1. The third-order valence-corrected chi connectivity index (χ3v) is 5.22. The fourth-order valence-corrected chi connectivity index (χ4v) is 3.60. The predicted octanol–water partition coefficient (Wildman–Crippen LogP) is 1.29. The van der Waals surface area contributed by atoms with E-state index < -0.39 is 17.4 Å². The fourth-order valence-electron chi connectivity index (χ4n) is 3.60. The molecular formula is C20H23N5O4. The summed E-state index contributed by atoms with van der Waals surface area (Å²) in [4.78, 5) is 47.1. The number of aromatic amines is 1. The Morgan fingerprint density at radius 3 is 2.76 bits per heavy atom. The zero-order chi connectivity index (χ0) is 20.5. The van der Waals surface area contributed by atoms with Crippen LogP contribution in [0.2, 0.25) is 0 Å². The molecule has 152 valence electrons. The Labute approximate surface area is 167 Å². The van der Waals surface area contributed by atoms with Crippen LogP contribution < -0.4 is 21.1 Å². The van der Waals surface area contributed by atoms with Crippen LogP contribution in [-0.2, 0) is 14.3 Å². The van der Waals surface area contributed by atoms with Crippen LogP contribution in [-0.4, -0.2) is 48.1 Å². The topological polar surface area (TPSA) is 116 Å². The van der Waals surface area contributed by atoms with Crippen LogP contribution in [0.1, 0.15) is 29.0 Å². The van der Waals surface area contributed by atoms with Gasteiger partial charge in [-0.05, 0) is 31.0 Å². The lowest BCUT2D eigenvalue weighted by Gasteiger charge is -2.29. The number of carbonyl (C=O) groups excluding carboxylic acids is 2. The van der Waals surface area contributed by atoms with Crippen LogP contribution in [0.3, 0.4) is 0 Å². The van der Waals surface area contributed by atoms with Gasteiger partial charge in [0.15, 0.2) is 0 Å². The van der Waals surface area contributed by atoms with E-state index in [4.69, 9.17) is 4.74 Å². The minimum atomic E-state index is -0.909. The van der Waals surface area contributed by atoms with Crippen LogP contribution in [0.4, 0.5) is 17.5 Å². The van der Waals surface area contributed by atoms with Gasteiger partial charge in [-0.1, -0.05) is 12.1 Å². The molecule has 0 spiro atoms. The Hall–Kier alpha value is -3.20. The average molecular weight is 397 g/mol. The van der Waals surface area contributed by atoms with Crippen LogP contribution in [0, 0.1) is 13.8 Å². The molecule has 0 radical (unpaired) electrons. The molecule has 0 bridgehead atoms. The molecule has 0 saturated carbocycles. The summed E-state index contributed by atoms with van der Waals surface area (Å²) in [6.45, 7) is 6.07. The van der Waals surface area contributed by atoms with E-state index in [0.29, 0.717) is 37.9 Å². The van der Waals surface area contributed by atoms with Crippen molar-refractivity contribution in [3.63, 3.8) is 0 Å². The number of hydrogen-bond donors (Lipinski definition) is 3. The van der Waals surface area contributed by atoms with Crippen LogP contribution in [0.25, 0.3) is 0 Å². The number of hydrogen-bond acceptors (Lipinski definition) is 6. The highest BCUT2D eigenvalue weighted by Gasteiger charge is 2.35. The van der Waals surface area contributed by atoms with Crippen molar-refractivity contribution in [2.45, 2.75) is 26.2 Å². The van der Waals surface area contributed by atoms with Gasteiger partial charge in [0.05, 0.1) is 24.7 Å². The molecule has 1 saturated heterocycles. The highest BCUT2D eigenvalue weighted by molar-refractivity contribution is 6.04. The molecular weight excluding hydrogens is 374 g/mol. The molecule has 3 N–H and O–H groups in total. The van der Waals surface area contributed by atoms with Crippen molar-refractivity contribution in [2.75, 3.05) is 41.8 Å². The van der Waals surface area contributed by atoms with Gasteiger partial charge in [0, 0.05) is 25.2 Å². The molecule has 1 atom stereocenters. The number of aromatic nitrogens is 2. The van der Waals surface area contributed by atoms with Gasteiger partial charge < -0.3 is 20.3 Å². The molecule has 3 heterocycles. The van der Waals surface area contributed by atoms with E-state index >= 15 is 0 Å². The van der Waals surface area contributed by atoms with E-state index in [-0.39, 0.29) is 23.7 Å². The summed E-state index contributed by atoms with van der Waals surface area (Å²) in [6.07, 6.45) is -0.106. The Balaban J connectivity index is 1.66. The Bertz CT molecular complexity index is 1030. The maximum atomic E-state index is 13.0. The number of H-pyrrole nitrogens is 1. The van der Waals surface area contributed by atoms with Crippen molar-refractivity contribution in [1.82, 2.24) is 9.97 Å². The summed E-state index contributed by atoms with van der Waals surface area (Å²) in [7, 11) is 0. The van der Waals surface area contributed by atoms with Gasteiger partial charge in [0.1, 0.15) is 5.82 Å². The second kappa shape index (κ2) is 7.67. The summed E-state index contributed by atoms with van der Waals surface area (Å²) in [5.74, 6) is -1.14. The van der Waals surface area contributed by atoms with Gasteiger partial charge in [-0.3, -0.25) is 19.4 Å². The molecule has 2 aromatic rings. The lowest BCUT2D eigenvalue weighted by Crippen LogP contribution is -2.41. The summed E-state index contributed by atoms with van der Waals surface area (Å²) in [5.41, 5.74) is 2.33. The summed E-state index contributed by atoms with van der Waals surface area (Å²) in [5, 5.41) is 5.50. The van der Waals surface area contributed by atoms with Crippen molar-refractivity contribution < 1.29 is 14.3 Å². The normalized spacial score (nSPS) is 18.8. The van der Waals surface area contributed by atoms with E-state index in [1.807, 2.05) is 36.9 Å². The number of nitrogens with one attached hydrogen (secondary N) is 3. The lowest BCUT2D eigenvalue weighted by atomic mass is 9.92. The average Bonchev–Trinajstić information content (AvgIpc) is 2.70. The van der Waals surface area contributed by atoms with Crippen LogP contribution in [0.5, 0.6) is 0 Å². The first-order valence-corrected chi connectivity index (χ1v) is 9.57. The van der Waals surface area contributed by atoms with Gasteiger partial charge in [0.2, 0.25) is 17.8 Å². The molecule has 0 aliphatic carbocycles. The molecule has 0 unspecified atom stereocenters. The van der Waals surface area contributed by atoms with Crippen molar-refractivity contribution in [3.8, 4) is 0 Å². The third-order valence-electron chi connectivity index (χ3n) is 5.22. The van der Waals surface area contributed by atoms with Crippen molar-refractivity contribution in [3.05, 3.63) is 45.2 Å². The maximum absolute atomic E-state index is 13.0. The monoisotopic (exact) mass is 397 g/mol. The molecule has 4 rings (SSSR count). The first-order chi connectivity index (χ1) is 13.9. The number of benzene rings is 1. The number of carbonyl (C=O) groups is 2. The van der Waals surface area contributed by atoms with Crippen molar-refractivity contribution in [2.24, 2.45) is 0 Å². The van der Waals surface area contributed by atoms with E-state index in [1.165, 1.54) is 0 Å². The Morgan fingerprint density at radius 1 is 1.24 bits per heavy atom. The molecule has 2 aliphatic heterocycles. The SMILES string of the molecule is Cc1ccc(C)c(NC(=O)[C@H]2CC(=O)Nc3nc(N4CCOCC4)[nH]c(=O)c32)c1. The number of anilines is 3. The van der Waals surface area contributed by atoms with E-state index in [2.05, 4.69) is 20.6 Å². The standard InChI is InChI=1S/C20H23N5O4/c1-11-3-4-12(2)14(9-11)21-18(27)13-10-15(26)22-17-16(13)19(28)24-20(23-17)25-5-7-29-8-6-25/h3-4,9,13H,5-8,10H2,1-2H3,(H,21,27)(H2,22,23,24,26,28)/t13-/m0/s1. The number of aryl methyl sites for hydroxylation is 2. The zero-order valence-electron chi connectivity index (χ0n) is 16.4. The summed E-state index contributed by atoms with van der Waals surface area (Å²) >= 11 is 0. The Kier molecular flexibility index (Phi) is 5.06. The largest absolute Gasteiger partial charge is 0.378 e. The van der Waals surface area contributed by atoms with E-state index in [1.54, 1.807) is 0 Å². The van der Waals surface area contributed by atoms with Gasteiger partial charge >= 0.3 is 0 Å². The lowest BCUT2D eigenvalue weighted by molar-refractivity contribution is -0.123. The molecule has 9 nitrogen and oxygen atoms in total. The predicted molar refractivity (Wildman–Crippen MR) is 108 cm³/mol. The number of fused-ring (bicyclic) bond motifs is 1. The molecule has 2 aliphatic rings. The zero-order valence-corrected chi connectivity index (χ0v) is 16.4. The highest BCUT2D eigenvalue weighted by Crippen LogP contribution is 2.30. The number of amides is 2. The van der Waals surface area contributed by atoms with Crippen LogP contribution >= 0.6 is 0 Å². The summed E-state index contributed by atoms with van der Waals surface area (Å²) < 4.78 is 5.32. The number of rotatable bonds is 3. The van der Waals surface area contributed by atoms with Crippen LogP contribution in [0.15, 0.2) is 23.0 Å². The van der Waals surface area contributed by atoms with Gasteiger partial charge in [-0.2, -0.15) is 4.98 Å². The molecule has 1 aromatic heterocycles. The molecule has 9 heteroatoms. The first-order valence-electron chi connectivity index (χ1n) is 9.57. The van der Waals surface area contributed by atoms with Crippen molar-refractivity contribution in [1.29, 1.82) is 0 Å². The molecule has 2 amide bonds. The molecule has 1 fully saturated rings. The number of ether oxygens (including phenoxy) is 1. The maximum Gasteiger partial charge on any atom is 0.258 e. The molecule has 29 heavy (non-hydrogen) atoms. The van der Waals surface area contributed by atoms with Gasteiger partial charge in [0.25, 0.3) is 5.56 Å². The van der Waals surface area contributed by atoms with E-state index in [9.17, 15) is 14.4 Å². The van der Waals surface area contributed by atoms with Crippen molar-refractivity contribution >= 4 is 29.3 Å². The second-order valence-corrected chi connectivity index (χ2v) is 7.36. The third kappa shape index (κ3) is 3.86. The van der Waals surface area contributed by atoms with Gasteiger partial charge in [-0.15, -0.1) is 0 Å². The summed E-state index contributed by atoms with van der Waals surface area (Å²) in [6, 6.07) is 5.73. The number of morpholine rings is 1. The minimum absolute atomic E-state index is 0.106. The fraction of sp³-hybridized carbons (Fsp3) is 0.400. The molecule has 1 aromatic carbocycles. The minimum Gasteiger partial charge on any atom is -0.378 e. The Morgan fingerprint density at radius 2 is 2.00 bits per heavy atom. The van der Waals surface area contributed by atoms with E-state index in [0.717, 1.165) is 11.1 Å². The van der Waals surface area contributed by atoms with Gasteiger partial charge in [-0.25, -0.2) is 0 Å². The quantitative estimate of drug-likeness (QED) is 0.719. The second-order valence-electron chi connectivity index (χ2n) is 7.36. The number of nitrogens with zero attached hydrogens (tertiary/aromatic N) is 2. The highest BCUT2D eigenvalue weighted by atomic mass is 16.5. The smallest absolute Gasteiger partial charge is 0.258 e.